The highest BCUT2D eigenvalue weighted by Gasteiger charge is 2.33. The third-order valence-corrected chi connectivity index (χ3v) is 6.89. The number of nitrogens with zero attached hydrogens (tertiary/aromatic N) is 2. The van der Waals surface area contributed by atoms with Crippen LogP contribution in [0.25, 0.3) is 6.08 Å². The number of ether oxygens (including phenoxy) is 2. The molecule has 0 spiro atoms. The lowest BCUT2D eigenvalue weighted by atomic mass is 10.1. The van der Waals surface area contributed by atoms with E-state index >= 15 is 0 Å². The molecular formula is C28H25Cl2FN2O3S. The normalized spacial score (nSPS) is 15.6. The van der Waals surface area contributed by atoms with Crippen molar-refractivity contribution in [3.8, 4) is 11.5 Å². The number of aliphatic imine (C=N–C) groups is 1. The zero-order valence-corrected chi connectivity index (χ0v) is 22.7. The summed E-state index contributed by atoms with van der Waals surface area (Å²) in [4.78, 5) is 20.1. The monoisotopic (exact) mass is 558 g/mol. The molecule has 4 rings (SSSR count). The summed E-state index contributed by atoms with van der Waals surface area (Å²) in [7, 11) is 0. The van der Waals surface area contributed by atoms with Gasteiger partial charge in [-0.05, 0) is 79.2 Å². The fraction of sp³-hybridized carbons (Fsp3) is 0.214. The van der Waals surface area contributed by atoms with Crippen LogP contribution in [-0.2, 0) is 11.4 Å². The Balaban J connectivity index is 1.62. The zero-order chi connectivity index (χ0) is 26.4. The molecule has 0 saturated carbocycles. The second-order valence-corrected chi connectivity index (χ2v) is 9.93. The van der Waals surface area contributed by atoms with Crippen molar-refractivity contribution in [1.29, 1.82) is 0 Å². The summed E-state index contributed by atoms with van der Waals surface area (Å²) >= 11 is 13.8. The molecule has 5 nitrogen and oxygen atoms in total. The summed E-state index contributed by atoms with van der Waals surface area (Å²) < 4.78 is 25.7. The molecule has 1 aliphatic rings. The Morgan fingerprint density at radius 3 is 2.51 bits per heavy atom. The first-order valence-electron chi connectivity index (χ1n) is 11.8. The number of halogens is 3. The standard InChI is InChI=1S/C28H25Cl2FN2O3S/c1-3-13-33-27(34)25(37-28(33)32-21-11-9-20(29)10-12-21)16-18-14-22(30)26(24(15-18)35-4-2)36-17-19-7-5-6-8-23(19)31/h5-12,14-16H,3-4,13,17H2,1-2H3/b25-16-,32-28?. The van der Waals surface area contributed by atoms with Gasteiger partial charge in [0.15, 0.2) is 16.7 Å². The van der Waals surface area contributed by atoms with Gasteiger partial charge in [0, 0.05) is 17.1 Å². The van der Waals surface area contributed by atoms with E-state index in [9.17, 15) is 9.18 Å². The van der Waals surface area contributed by atoms with Gasteiger partial charge in [0.25, 0.3) is 5.91 Å². The molecular weight excluding hydrogens is 534 g/mol. The molecule has 0 N–H and O–H groups in total. The van der Waals surface area contributed by atoms with Crippen LogP contribution in [0.3, 0.4) is 0 Å². The molecule has 0 atom stereocenters. The van der Waals surface area contributed by atoms with E-state index in [2.05, 4.69) is 4.99 Å². The van der Waals surface area contributed by atoms with Gasteiger partial charge in [0.05, 0.1) is 22.2 Å². The maximum absolute atomic E-state index is 14.0. The van der Waals surface area contributed by atoms with Crippen molar-refractivity contribution in [1.82, 2.24) is 4.90 Å². The van der Waals surface area contributed by atoms with Crippen molar-refractivity contribution in [2.24, 2.45) is 4.99 Å². The third kappa shape index (κ3) is 6.66. The number of thioether (sulfide) groups is 1. The minimum absolute atomic E-state index is 0.00224. The summed E-state index contributed by atoms with van der Waals surface area (Å²) in [6, 6.07) is 17.0. The molecule has 1 fully saturated rings. The van der Waals surface area contributed by atoms with Crippen molar-refractivity contribution in [2.75, 3.05) is 13.2 Å². The van der Waals surface area contributed by atoms with Crippen LogP contribution in [0.4, 0.5) is 10.1 Å². The predicted molar refractivity (Wildman–Crippen MR) is 149 cm³/mol. The van der Waals surface area contributed by atoms with Gasteiger partial charge in [-0.3, -0.25) is 9.69 Å². The van der Waals surface area contributed by atoms with Gasteiger partial charge in [0.2, 0.25) is 0 Å². The van der Waals surface area contributed by atoms with Gasteiger partial charge >= 0.3 is 0 Å². The van der Waals surface area contributed by atoms with Crippen LogP contribution < -0.4 is 9.47 Å². The van der Waals surface area contributed by atoms with Gasteiger partial charge in [-0.25, -0.2) is 9.38 Å². The summed E-state index contributed by atoms with van der Waals surface area (Å²) in [5.74, 6) is 0.238. The Hall–Kier alpha value is -3.00. The summed E-state index contributed by atoms with van der Waals surface area (Å²) in [6.45, 7) is 4.77. The molecule has 3 aromatic carbocycles. The molecule has 37 heavy (non-hydrogen) atoms. The first kappa shape index (κ1) is 27.0. The number of amides is 1. The number of hydrogen-bond donors (Lipinski definition) is 0. The minimum Gasteiger partial charge on any atom is -0.490 e. The zero-order valence-electron chi connectivity index (χ0n) is 20.3. The molecule has 0 radical (unpaired) electrons. The lowest BCUT2D eigenvalue weighted by Crippen LogP contribution is -2.29. The van der Waals surface area contributed by atoms with E-state index in [1.807, 2.05) is 13.8 Å². The van der Waals surface area contributed by atoms with Crippen LogP contribution >= 0.6 is 35.0 Å². The van der Waals surface area contributed by atoms with Crippen LogP contribution in [0.1, 0.15) is 31.4 Å². The van der Waals surface area contributed by atoms with Crippen molar-refractivity contribution in [3.63, 3.8) is 0 Å². The van der Waals surface area contributed by atoms with Crippen molar-refractivity contribution < 1.29 is 18.7 Å². The molecule has 0 bridgehead atoms. The molecule has 0 aliphatic carbocycles. The fourth-order valence-electron chi connectivity index (χ4n) is 3.63. The van der Waals surface area contributed by atoms with E-state index in [1.165, 1.54) is 17.8 Å². The number of amidine groups is 1. The highest BCUT2D eigenvalue weighted by atomic mass is 35.5. The third-order valence-electron chi connectivity index (χ3n) is 5.35. The molecule has 1 saturated heterocycles. The maximum atomic E-state index is 14.0. The first-order valence-corrected chi connectivity index (χ1v) is 13.3. The smallest absolute Gasteiger partial charge is 0.266 e. The lowest BCUT2D eigenvalue weighted by Gasteiger charge is -2.15. The van der Waals surface area contributed by atoms with Crippen molar-refractivity contribution in [2.45, 2.75) is 26.9 Å². The van der Waals surface area contributed by atoms with Crippen molar-refractivity contribution in [3.05, 3.63) is 92.6 Å². The predicted octanol–water partition coefficient (Wildman–Crippen LogP) is 8.12. The van der Waals surface area contributed by atoms with E-state index in [-0.39, 0.29) is 18.3 Å². The minimum atomic E-state index is -0.359. The Kier molecular flexibility index (Phi) is 9.14. The van der Waals surface area contributed by atoms with Crippen molar-refractivity contribution >= 4 is 57.8 Å². The topological polar surface area (TPSA) is 51.1 Å². The quantitative estimate of drug-likeness (QED) is 0.249. The molecule has 0 unspecified atom stereocenters. The summed E-state index contributed by atoms with van der Waals surface area (Å²) in [5, 5.41) is 1.51. The SMILES string of the molecule is CCCN1C(=O)/C(=C/c2cc(Cl)c(OCc3ccccc3F)c(OCC)c2)SC1=Nc1ccc(Cl)cc1. The second kappa shape index (κ2) is 12.5. The highest BCUT2D eigenvalue weighted by molar-refractivity contribution is 8.18. The molecule has 9 heteroatoms. The van der Waals surface area contributed by atoms with Crippen LogP contribution in [0.15, 0.2) is 70.6 Å². The first-order chi connectivity index (χ1) is 17.9. The van der Waals surface area contributed by atoms with E-state index in [1.54, 1.807) is 65.6 Å². The Labute approximate surface area is 229 Å². The van der Waals surface area contributed by atoms with Crippen LogP contribution in [0.5, 0.6) is 11.5 Å². The molecule has 192 valence electrons. The average molecular weight is 559 g/mol. The number of carbonyl (C=O) groups is 1. The Morgan fingerprint density at radius 2 is 1.81 bits per heavy atom. The number of carbonyl (C=O) groups excluding carboxylic acids is 1. The van der Waals surface area contributed by atoms with E-state index < -0.39 is 0 Å². The average Bonchev–Trinajstić information content (AvgIpc) is 3.15. The molecule has 1 aliphatic heterocycles. The number of benzene rings is 3. The van der Waals surface area contributed by atoms with E-state index in [0.29, 0.717) is 61.6 Å². The fourth-order valence-corrected chi connectivity index (χ4v) is 5.05. The highest BCUT2D eigenvalue weighted by Crippen LogP contribution is 2.40. The number of rotatable bonds is 9. The van der Waals surface area contributed by atoms with E-state index in [0.717, 1.165) is 6.42 Å². The molecule has 3 aromatic rings. The summed E-state index contributed by atoms with van der Waals surface area (Å²) in [6.07, 6.45) is 2.54. The van der Waals surface area contributed by atoms with Gasteiger partial charge in [-0.2, -0.15) is 0 Å². The molecule has 1 heterocycles. The van der Waals surface area contributed by atoms with Crippen LogP contribution in [0, 0.1) is 5.82 Å². The summed E-state index contributed by atoms with van der Waals surface area (Å²) in [5.41, 5.74) is 1.79. The van der Waals surface area contributed by atoms with Gasteiger partial charge in [-0.15, -0.1) is 0 Å². The van der Waals surface area contributed by atoms with Crippen LogP contribution in [-0.4, -0.2) is 29.1 Å². The van der Waals surface area contributed by atoms with Gasteiger partial charge in [0.1, 0.15) is 12.4 Å². The second-order valence-electron chi connectivity index (χ2n) is 8.08. The molecule has 0 aromatic heterocycles. The molecule has 1 amide bonds. The van der Waals surface area contributed by atoms with Gasteiger partial charge in [-0.1, -0.05) is 48.3 Å². The van der Waals surface area contributed by atoms with E-state index in [4.69, 9.17) is 32.7 Å². The van der Waals surface area contributed by atoms with Crippen LogP contribution in [0.2, 0.25) is 10.0 Å². The number of hydrogen-bond acceptors (Lipinski definition) is 5. The Morgan fingerprint density at radius 1 is 1.05 bits per heavy atom. The maximum Gasteiger partial charge on any atom is 0.266 e. The Bertz CT molecular complexity index is 1350. The lowest BCUT2D eigenvalue weighted by molar-refractivity contribution is -0.122. The van der Waals surface area contributed by atoms with Gasteiger partial charge < -0.3 is 9.47 Å². The largest absolute Gasteiger partial charge is 0.490 e.